The SMILES string of the molecule is O=C(COc1cc(Cl)cc(Cl)c1Cl)N/N=C/c1ccc(OCc2ccc(Br)cc2Br)cc1. The summed E-state index contributed by atoms with van der Waals surface area (Å²) >= 11 is 24.8. The molecule has 0 saturated carbocycles. The second kappa shape index (κ2) is 11.9. The largest absolute Gasteiger partial charge is 0.489 e. The number of benzene rings is 3. The van der Waals surface area contributed by atoms with Crippen molar-refractivity contribution in [3.63, 3.8) is 0 Å². The molecule has 0 heterocycles. The van der Waals surface area contributed by atoms with Crippen LogP contribution in [-0.4, -0.2) is 18.7 Å². The first-order valence-electron chi connectivity index (χ1n) is 9.08. The standard InChI is InChI=1S/C22H15Br2Cl3N2O3/c23-15-4-3-14(18(24)7-15)11-31-17-5-1-13(2-6-17)10-28-29-21(30)12-32-20-9-16(25)8-19(26)22(20)27/h1-10H,11-12H2,(H,29,30)/b28-10+. The van der Waals surface area contributed by atoms with Crippen molar-refractivity contribution in [2.24, 2.45) is 5.10 Å². The van der Waals surface area contributed by atoms with Gasteiger partial charge in [-0.15, -0.1) is 0 Å². The molecule has 0 bridgehead atoms. The summed E-state index contributed by atoms with van der Waals surface area (Å²) in [4.78, 5) is 11.9. The zero-order valence-electron chi connectivity index (χ0n) is 16.2. The molecule has 0 aliphatic rings. The summed E-state index contributed by atoms with van der Waals surface area (Å²) in [6, 6.07) is 16.2. The molecular formula is C22H15Br2Cl3N2O3. The molecule has 166 valence electrons. The number of hydrazone groups is 1. The van der Waals surface area contributed by atoms with E-state index in [4.69, 9.17) is 44.3 Å². The third kappa shape index (κ3) is 7.39. The summed E-state index contributed by atoms with van der Waals surface area (Å²) in [7, 11) is 0. The number of ether oxygens (including phenoxy) is 2. The molecule has 0 aromatic heterocycles. The van der Waals surface area contributed by atoms with Gasteiger partial charge in [0.1, 0.15) is 23.1 Å². The predicted octanol–water partition coefficient (Wildman–Crippen LogP) is 7.28. The monoisotopic (exact) mass is 618 g/mol. The number of carbonyl (C=O) groups is 1. The fourth-order valence-corrected chi connectivity index (χ4v) is 4.24. The molecule has 1 amide bonds. The highest BCUT2D eigenvalue weighted by Crippen LogP contribution is 2.35. The van der Waals surface area contributed by atoms with Gasteiger partial charge in [0.05, 0.1) is 11.2 Å². The molecule has 1 N–H and O–H groups in total. The molecule has 3 rings (SSSR count). The minimum atomic E-state index is -0.464. The zero-order chi connectivity index (χ0) is 23.1. The molecule has 3 aromatic rings. The summed E-state index contributed by atoms with van der Waals surface area (Å²) in [6.45, 7) is 0.130. The van der Waals surface area contributed by atoms with E-state index in [-0.39, 0.29) is 22.4 Å². The highest BCUT2D eigenvalue weighted by Gasteiger charge is 2.10. The molecule has 3 aromatic carbocycles. The summed E-state index contributed by atoms with van der Waals surface area (Å²) in [5, 5.41) is 4.69. The van der Waals surface area contributed by atoms with E-state index in [1.54, 1.807) is 0 Å². The first kappa shape index (κ1) is 24.9. The quantitative estimate of drug-likeness (QED) is 0.163. The van der Waals surface area contributed by atoms with Crippen LogP contribution in [0.4, 0.5) is 0 Å². The molecule has 0 unspecified atom stereocenters. The van der Waals surface area contributed by atoms with Gasteiger partial charge < -0.3 is 9.47 Å². The smallest absolute Gasteiger partial charge is 0.277 e. The maximum absolute atomic E-state index is 11.9. The molecule has 10 heteroatoms. The minimum Gasteiger partial charge on any atom is -0.489 e. The van der Waals surface area contributed by atoms with Crippen molar-refractivity contribution in [3.8, 4) is 11.5 Å². The van der Waals surface area contributed by atoms with Crippen LogP contribution in [0.15, 0.2) is 68.6 Å². The molecule has 32 heavy (non-hydrogen) atoms. The molecular weight excluding hydrogens is 606 g/mol. The van der Waals surface area contributed by atoms with Crippen molar-refractivity contribution in [3.05, 3.63) is 89.7 Å². The summed E-state index contributed by atoms with van der Waals surface area (Å²) in [6.07, 6.45) is 1.51. The minimum absolute atomic E-state index is 0.183. The lowest BCUT2D eigenvalue weighted by molar-refractivity contribution is -0.123. The number of hydrogen-bond donors (Lipinski definition) is 1. The van der Waals surface area contributed by atoms with Gasteiger partial charge in [-0.2, -0.15) is 5.10 Å². The highest BCUT2D eigenvalue weighted by atomic mass is 79.9. The maximum Gasteiger partial charge on any atom is 0.277 e. The van der Waals surface area contributed by atoms with E-state index >= 15 is 0 Å². The van der Waals surface area contributed by atoms with E-state index in [0.29, 0.717) is 17.4 Å². The topological polar surface area (TPSA) is 59.9 Å². The van der Waals surface area contributed by atoms with E-state index in [9.17, 15) is 4.79 Å². The van der Waals surface area contributed by atoms with Gasteiger partial charge in [-0.3, -0.25) is 4.79 Å². The molecule has 0 spiro atoms. The number of nitrogens with one attached hydrogen (secondary N) is 1. The lowest BCUT2D eigenvalue weighted by Gasteiger charge is -2.09. The van der Waals surface area contributed by atoms with Crippen LogP contribution >= 0.6 is 66.7 Å². The Hall–Kier alpha value is -1.77. The maximum atomic E-state index is 11.9. The Morgan fingerprint density at radius 3 is 2.47 bits per heavy atom. The van der Waals surface area contributed by atoms with Gasteiger partial charge in [0, 0.05) is 25.6 Å². The molecule has 0 atom stereocenters. The van der Waals surface area contributed by atoms with E-state index < -0.39 is 5.91 Å². The Morgan fingerprint density at radius 1 is 1.00 bits per heavy atom. The second-order valence-electron chi connectivity index (χ2n) is 6.38. The third-order valence-corrected chi connectivity index (χ3v) is 6.25. The molecule has 0 aliphatic carbocycles. The van der Waals surface area contributed by atoms with Gasteiger partial charge in [-0.05, 0) is 48.0 Å². The van der Waals surface area contributed by atoms with E-state index in [1.807, 2.05) is 42.5 Å². The van der Waals surface area contributed by atoms with Gasteiger partial charge in [0.2, 0.25) is 0 Å². The third-order valence-electron chi connectivity index (χ3n) is 4.01. The number of nitrogens with zero attached hydrogens (tertiary/aromatic N) is 1. The first-order valence-corrected chi connectivity index (χ1v) is 11.8. The molecule has 0 saturated heterocycles. The first-order chi connectivity index (χ1) is 15.3. The average molecular weight is 622 g/mol. The summed E-state index contributed by atoms with van der Waals surface area (Å²) < 4.78 is 13.1. The van der Waals surface area contributed by atoms with Crippen LogP contribution in [0.25, 0.3) is 0 Å². The van der Waals surface area contributed by atoms with Crippen LogP contribution in [0.2, 0.25) is 15.1 Å². The molecule has 0 radical (unpaired) electrons. The Bertz CT molecular complexity index is 1140. The van der Waals surface area contributed by atoms with Gasteiger partial charge >= 0.3 is 0 Å². The lowest BCUT2D eigenvalue weighted by atomic mass is 10.2. The number of hydrogen-bond acceptors (Lipinski definition) is 4. The van der Waals surface area contributed by atoms with Crippen molar-refractivity contribution in [2.45, 2.75) is 6.61 Å². The number of carbonyl (C=O) groups excluding carboxylic acids is 1. The summed E-state index contributed by atoms with van der Waals surface area (Å²) in [5.41, 5.74) is 4.20. The van der Waals surface area contributed by atoms with Crippen LogP contribution in [0.5, 0.6) is 11.5 Å². The number of amides is 1. The fourth-order valence-electron chi connectivity index (χ4n) is 2.44. The van der Waals surface area contributed by atoms with Crippen LogP contribution in [-0.2, 0) is 11.4 Å². The van der Waals surface area contributed by atoms with Gasteiger partial charge in [0.15, 0.2) is 6.61 Å². The Kier molecular flexibility index (Phi) is 9.25. The van der Waals surface area contributed by atoms with Crippen molar-refractivity contribution < 1.29 is 14.3 Å². The zero-order valence-corrected chi connectivity index (χ0v) is 21.7. The fraction of sp³-hybridized carbons (Fsp3) is 0.0909. The predicted molar refractivity (Wildman–Crippen MR) is 135 cm³/mol. The molecule has 0 aliphatic heterocycles. The van der Waals surface area contributed by atoms with Gasteiger partial charge in [-0.25, -0.2) is 5.43 Å². The molecule has 5 nitrogen and oxygen atoms in total. The van der Waals surface area contributed by atoms with Crippen molar-refractivity contribution in [1.82, 2.24) is 5.43 Å². The number of halogens is 5. The van der Waals surface area contributed by atoms with Crippen LogP contribution < -0.4 is 14.9 Å². The van der Waals surface area contributed by atoms with E-state index in [1.165, 1.54) is 18.3 Å². The van der Waals surface area contributed by atoms with E-state index in [0.717, 1.165) is 20.1 Å². The molecule has 0 fully saturated rings. The Morgan fingerprint density at radius 2 is 1.75 bits per heavy atom. The normalized spacial score (nSPS) is 10.9. The van der Waals surface area contributed by atoms with Gasteiger partial charge in [0.25, 0.3) is 5.91 Å². The van der Waals surface area contributed by atoms with Crippen molar-refractivity contribution >= 4 is 78.8 Å². The van der Waals surface area contributed by atoms with Crippen molar-refractivity contribution in [1.29, 1.82) is 0 Å². The van der Waals surface area contributed by atoms with Crippen LogP contribution in [0.3, 0.4) is 0 Å². The van der Waals surface area contributed by atoms with Crippen LogP contribution in [0.1, 0.15) is 11.1 Å². The number of rotatable bonds is 8. The second-order valence-corrected chi connectivity index (χ2v) is 9.37. The van der Waals surface area contributed by atoms with Gasteiger partial charge in [-0.1, -0.05) is 72.7 Å². The highest BCUT2D eigenvalue weighted by molar-refractivity contribution is 9.11. The average Bonchev–Trinajstić information content (AvgIpc) is 2.75. The Labute approximate surface area is 216 Å². The Balaban J connectivity index is 1.46. The van der Waals surface area contributed by atoms with E-state index in [2.05, 4.69) is 42.4 Å². The van der Waals surface area contributed by atoms with Crippen molar-refractivity contribution in [2.75, 3.05) is 6.61 Å². The summed E-state index contributed by atoms with van der Waals surface area (Å²) in [5.74, 6) is 0.467. The van der Waals surface area contributed by atoms with Crippen LogP contribution in [0, 0.1) is 0 Å². The lowest BCUT2D eigenvalue weighted by Crippen LogP contribution is -2.24.